The molecule has 0 spiro atoms. The molecule has 3 aromatic rings. The molecule has 10 heteroatoms. The van der Waals surface area contributed by atoms with Crippen molar-refractivity contribution in [3.8, 4) is 11.5 Å². The molecule has 1 fully saturated rings. The Bertz CT molecular complexity index is 1580. The topological polar surface area (TPSA) is 126 Å². The molecule has 40 heavy (non-hydrogen) atoms. The number of anilines is 1. The molecule has 3 aliphatic rings. The molecule has 0 radical (unpaired) electrons. The van der Waals surface area contributed by atoms with Crippen LogP contribution in [-0.4, -0.2) is 51.9 Å². The SMILES string of the molecule is COc1ccc(N2C(=O)c3cc(CN4C(=O)c5cnc(C(=O)O)cc5C4=O)ccc3C2C)cc1OC1CCCC1. The number of carbonyl (C=O) groups excluding carboxylic acids is 3. The van der Waals surface area contributed by atoms with Crippen LogP contribution in [0.1, 0.15) is 91.3 Å². The second-order valence-electron chi connectivity index (χ2n) is 10.2. The minimum atomic E-state index is -1.29. The van der Waals surface area contributed by atoms with Gasteiger partial charge < -0.3 is 19.5 Å². The molecule has 2 aliphatic heterocycles. The summed E-state index contributed by atoms with van der Waals surface area (Å²) in [5.74, 6) is -1.42. The molecule has 204 valence electrons. The lowest BCUT2D eigenvalue weighted by Gasteiger charge is -2.24. The lowest BCUT2D eigenvalue weighted by Crippen LogP contribution is -2.29. The van der Waals surface area contributed by atoms with E-state index in [1.54, 1.807) is 30.2 Å². The first-order valence-corrected chi connectivity index (χ1v) is 13.2. The van der Waals surface area contributed by atoms with E-state index in [4.69, 9.17) is 9.47 Å². The van der Waals surface area contributed by atoms with Gasteiger partial charge >= 0.3 is 5.97 Å². The summed E-state index contributed by atoms with van der Waals surface area (Å²) in [4.78, 5) is 57.3. The first-order valence-electron chi connectivity index (χ1n) is 13.2. The molecule has 1 saturated carbocycles. The van der Waals surface area contributed by atoms with Crippen molar-refractivity contribution in [1.82, 2.24) is 9.88 Å². The van der Waals surface area contributed by atoms with Gasteiger partial charge in [0.1, 0.15) is 5.69 Å². The molecule has 3 heterocycles. The minimum absolute atomic E-state index is 0.00423. The number of fused-ring (bicyclic) bond motifs is 2. The van der Waals surface area contributed by atoms with Gasteiger partial charge in [0, 0.05) is 23.5 Å². The summed E-state index contributed by atoms with van der Waals surface area (Å²) in [6.45, 7) is 1.88. The van der Waals surface area contributed by atoms with Crippen LogP contribution in [0.3, 0.4) is 0 Å². The van der Waals surface area contributed by atoms with Gasteiger partial charge in [0.25, 0.3) is 17.7 Å². The summed E-state index contributed by atoms with van der Waals surface area (Å²) in [7, 11) is 1.59. The predicted molar refractivity (Wildman–Crippen MR) is 143 cm³/mol. The largest absolute Gasteiger partial charge is 0.493 e. The summed E-state index contributed by atoms with van der Waals surface area (Å²) < 4.78 is 11.7. The van der Waals surface area contributed by atoms with Crippen LogP contribution < -0.4 is 14.4 Å². The second kappa shape index (κ2) is 9.78. The van der Waals surface area contributed by atoms with Crippen LogP contribution in [0, 0.1) is 0 Å². The van der Waals surface area contributed by atoms with Gasteiger partial charge in [-0.25, -0.2) is 9.78 Å². The molecule has 3 amide bonds. The third kappa shape index (κ3) is 4.16. The predicted octanol–water partition coefficient (Wildman–Crippen LogP) is 4.63. The minimum Gasteiger partial charge on any atom is -0.493 e. The van der Waals surface area contributed by atoms with E-state index in [-0.39, 0.29) is 41.4 Å². The van der Waals surface area contributed by atoms with Crippen molar-refractivity contribution in [2.45, 2.75) is 51.3 Å². The number of carboxylic acids is 1. The molecule has 10 nitrogen and oxygen atoms in total. The van der Waals surface area contributed by atoms with Crippen molar-refractivity contribution in [2.24, 2.45) is 0 Å². The van der Waals surface area contributed by atoms with Gasteiger partial charge in [-0.2, -0.15) is 0 Å². The molecule has 1 atom stereocenters. The Balaban J connectivity index is 1.25. The van der Waals surface area contributed by atoms with Crippen LogP contribution in [0.5, 0.6) is 11.5 Å². The van der Waals surface area contributed by atoms with Crippen molar-refractivity contribution < 1.29 is 33.8 Å². The zero-order chi connectivity index (χ0) is 28.1. The number of hydrogen-bond donors (Lipinski definition) is 1. The van der Waals surface area contributed by atoms with E-state index in [0.717, 1.165) is 48.4 Å². The first kappa shape index (κ1) is 25.5. The summed E-state index contributed by atoms with van der Waals surface area (Å²) in [6.07, 6.45) is 5.49. The maximum absolute atomic E-state index is 13.7. The van der Waals surface area contributed by atoms with E-state index in [0.29, 0.717) is 28.3 Å². The number of aromatic nitrogens is 1. The normalized spacial score (nSPS) is 18.4. The zero-order valence-electron chi connectivity index (χ0n) is 22.0. The summed E-state index contributed by atoms with van der Waals surface area (Å²) in [6, 6.07) is 11.7. The van der Waals surface area contributed by atoms with Crippen LogP contribution in [0.4, 0.5) is 5.69 Å². The van der Waals surface area contributed by atoms with Crippen molar-refractivity contribution >= 4 is 29.4 Å². The average molecular weight is 542 g/mol. The van der Waals surface area contributed by atoms with E-state index in [9.17, 15) is 24.3 Å². The number of rotatable bonds is 7. The Morgan fingerprint density at radius 2 is 1.70 bits per heavy atom. The molecule has 1 unspecified atom stereocenters. The maximum atomic E-state index is 13.7. The summed E-state index contributed by atoms with van der Waals surface area (Å²) in [5, 5.41) is 9.19. The molecule has 6 rings (SSSR count). The first-order chi connectivity index (χ1) is 19.3. The summed E-state index contributed by atoms with van der Waals surface area (Å²) >= 11 is 0. The molecule has 1 aliphatic carbocycles. The van der Waals surface area contributed by atoms with Crippen molar-refractivity contribution in [3.05, 3.63) is 82.2 Å². The number of pyridine rings is 1. The molecule has 2 aromatic carbocycles. The fourth-order valence-corrected chi connectivity index (χ4v) is 5.76. The lowest BCUT2D eigenvalue weighted by atomic mass is 10.0. The van der Waals surface area contributed by atoms with E-state index in [1.165, 1.54) is 0 Å². The number of nitrogens with zero attached hydrogens (tertiary/aromatic N) is 3. The number of imide groups is 1. The number of amides is 3. The number of benzene rings is 2. The van der Waals surface area contributed by atoms with Gasteiger partial charge in [0.2, 0.25) is 0 Å². The molecule has 0 saturated heterocycles. The third-order valence-corrected chi connectivity index (χ3v) is 7.84. The van der Waals surface area contributed by atoms with Gasteiger partial charge in [-0.05, 0) is 68.0 Å². The smallest absolute Gasteiger partial charge is 0.354 e. The van der Waals surface area contributed by atoms with Crippen LogP contribution >= 0.6 is 0 Å². The number of ether oxygens (including phenoxy) is 2. The standard InChI is InChI=1S/C30H27N3O7/c1-16-20-9-7-17(15-32-27(34)22-13-24(30(37)38)31-14-23(22)28(32)35)11-21(20)29(36)33(16)18-8-10-25(39-2)26(12-18)40-19-5-3-4-6-19/h7-14,16,19H,3-6,15H2,1-2H3,(H,37,38). The highest BCUT2D eigenvalue weighted by Crippen LogP contribution is 2.42. The van der Waals surface area contributed by atoms with Crippen LogP contribution in [0.15, 0.2) is 48.7 Å². The van der Waals surface area contributed by atoms with E-state index >= 15 is 0 Å². The van der Waals surface area contributed by atoms with Gasteiger partial charge in [0.05, 0.1) is 36.9 Å². The molecule has 1 N–H and O–H groups in total. The molecule has 0 bridgehead atoms. The van der Waals surface area contributed by atoms with Crippen LogP contribution in [0.2, 0.25) is 0 Å². The fraction of sp³-hybridized carbons (Fsp3) is 0.300. The van der Waals surface area contributed by atoms with E-state index in [1.807, 2.05) is 25.1 Å². The number of aromatic carboxylic acids is 1. The molecular formula is C30H27N3O7. The zero-order valence-corrected chi connectivity index (χ0v) is 22.0. The van der Waals surface area contributed by atoms with Crippen molar-refractivity contribution in [3.63, 3.8) is 0 Å². The third-order valence-electron chi connectivity index (χ3n) is 7.84. The monoisotopic (exact) mass is 541 g/mol. The number of carboxylic acid groups (broad SMARTS) is 1. The Labute approximate surface area is 230 Å². The fourth-order valence-electron chi connectivity index (χ4n) is 5.76. The lowest BCUT2D eigenvalue weighted by molar-refractivity contribution is 0.0640. The van der Waals surface area contributed by atoms with Crippen molar-refractivity contribution in [1.29, 1.82) is 0 Å². The number of hydrogen-bond acceptors (Lipinski definition) is 7. The molecular weight excluding hydrogens is 514 g/mol. The van der Waals surface area contributed by atoms with E-state index in [2.05, 4.69) is 4.98 Å². The average Bonchev–Trinajstić information content (AvgIpc) is 3.62. The van der Waals surface area contributed by atoms with Crippen molar-refractivity contribution in [2.75, 3.05) is 12.0 Å². The van der Waals surface area contributed by atoms with Gasteiger partial charge in [0.15, 0.2) is 11.5 Å². The quantitative estimate of drug-likeness (QED) is 0.429. The highest BCUT2D eigenvalue weighted by atomic mass is 16.5. The Hall–Kier alpha value is -4.73. The summed E-state index contributed by atoms with van der Waals surface area (Å²) in [5.41, 5.74) is 2.36. The highest BCUT2D eigenvalue weighted by molar-refractivity contribution is 6.21. The van der Waals surface area contributed by atoms with Gasteiger partial charge in [-0.15, -0.1) is 0 Å². The highest BCUT2D eigenvalue weighted by Gasteiger charge is 2.39. The van der Waals surface area contributed by atoms with Gasteiger partial charge in [-0.3, -0.25) is 19.3 Å². The van der Waals surface area contributed by atoms with E-state index < -0.39 is 17.8 Å². The number of carbonyl (C=O) groups is 4. The van der Waals surface area contributed by atoms with Crippen LogP contribution in [-0.2, 0) is 6.54 Å². The molecule has 1 aromatic heterocycles. The van der Waals surface area contributed by atoms with Crippen LogP contribution in [0.25, 0.3) is 0 Å². The number of methoxy groups -OCH3 is 1. The van der Waals surface area contributed by atoms with Gasteiger partial charge in [-0.1, -0.05) is 12.1 Å². The Morgan fingerprint density at radius 3 is 2.42 bits per heavy atom. The Kier molecular flexibility index (Phi) is 6.25. The Morgan fingerprint density at radius 1 is 0.950 bits per heavy atom. The second-order valence-corrected chi connectivity index (χ2v) is 10.2. The maximum Gasteiger partial charge on any atom is 0.354 e.